The average molecular weight is 266 g/mol. The van der Waals surface area contributed by atoms with Crippen molar-refractivity contribution in [2.24, 2.45) is 22.7 Å². The molecule has 1 aliphatic rings. The van der Waals surface area contributed by atoms with Gasteiger partial charge in [0.25, 0.3) is 0 Å². The number of carbonyl (C=O) groups excluding carboxylic acids is 4. The number of ketones is 4. The molecule has 1 rings (SSSR count). The van der Waals surface area contributed by atoms with Gasteiger partial charge in [-0.25, -0.2) is 0 Å². The quantitative estimate of drug-likeness (QED) is 0.733. The zero-order valence-corrected chi connectivity index (χ0v) is 12.5. The van der Waals surface area contributed by atoms with Crippen LogP contribution in [-0.4, -0.2) is 23.1 Å². The first-order valence-electron chi connectivity index (χ1n) is 6.66. The van der Waals surface area contributed by atoms with Crippen molar-refractivity contribution < 1.29 is 19.2 Å². The molecule has 1 aliphatic carbocycles. The number of carbonyl (C=O) groups is 4. The van der Waals surface area contributed by atoms with E-state index in [0.717, 1.165) is 0 Å². The Morgan fingerprint density at radius 3 is 1.74 bits per heavy atom. The molecule has 1 unspecified atom stereocenters. The Labute approximate surface area is 113 Å². The topological polar surface area (TPSA) is 68.3 Å². The highest BCUT2D eigenvalue weighted by molar-refractivity contribution is 6.35. The zero-order chi connectivity index (χ0) is 15.2. The lowest BCUT2D eigenvalue weighted by molar-refractivity contribution is -0.162. The van der Waals surface area contributed by atoms with Crippen LogP contribution in [0.2, 0.25) is 0 Å². The largest absolute Gasteiger partial charge is 0.298 e. The van der Waals surface area contributed by atoms with Crippen molar-refractivity contribution in [1.82, 2.24) is 0 Å². The Bertz CT molecular complexity index is 427. The van der Waals surface area contributed by atoms with Gasteiger partial charge in [-0.15, -0.1) is 0 Å². The van der Waals surface area contributed by atoms with Crippen molar-refractivity contribution >= 4 is 23.1 Å². The first kappa shape index (κ1) is 15.7. The third kappa shape index (κ3) is 2.17. The summed E-state index contributed by atoms with van der Waals surface area (Å²) >= 11 is 0. The van der Waals surface area contributed by atoms with Gasteiger partial charge in [0, 0.05) is 5.92 Å². The molecule has 0 N–H and O–H groups in total. The van der Waals surface area contributed by atoms with Crippen molar-refractivity contribution in [2.75, 3.05) is 0 Å². The third-order valence-electron chi connectivity index (χ3n) is 4.27. The highest BCUT2D eigenvalue weighted by Crippen LogP contribution is 2.41. The highest BCUT2D eigenvalue weighted by atomic mass is 16.2. The van der Waals surface area contributed by atoms with Crippen LogP contribution < -0.4 is 0 Å². The maximum Gasteiger partial charge on any atom is 0.163 e. The van der Waals surface area contributed by atoms with Gasteiger partial charge in [0.2, 0.25) is 0 Å². The van der Waals surface area contributed by atoms with Crippen molar-refractivity contribution in [3.8, 4) is 0 Å². The molecule has 0 bridgehead atoms. The van der Waals surface area contributed by atoms with Crippen molar-refractivity contribution in [2.45, 2.75) is 48.0 Å². The standard InChI is InChI=1S/C15H22O4/c1-7-8(2)10(16)9-11(17)14(3,4)13(19)15(5,6)12(9)18/h8-9H,7H2,1-6H3. The predicted octanol–water partition coefficient (Wildman–Crippen LogP) is 1.99. The molecule has 106 valence electrons. The van der Waals surface area contributed by atoms with Crippen LogP contribution >= 0.6 is 0 Å². The summed E-state index contributed by atoms with van der Waals surface area (Å²) in [6.07, 6.45) is 0.574. The fourth-order valence-electron chi connectivity index (χ4n) is 2.59. The van der Waals surface area contributed by atoms with Gasteiger partial charge in [-0.1, -0.05) is 13.8 Å². The van der Waals surface area contributed by atoms with E-state index in [0.29, 0.717) is 6.42 Å². The van der Waals surface area contributed by atoms with Crippen LogP contribution in [0.15, 0.2) is 0 Å². The Balaban J connectivity index is 3.33. The van der Waals surface area contributed by atoms with E-state index >= 15 is 0 Å². The predicted molar refractivity (Wildman–Crippen MR) is 70.5 cm³/mol. The molecule has 4 heteroatoms. The van der Waals surface area contributed by atoms with Crippen LogP contribution in [0.4, 0.5) is 0 Å². The first-order chi connectivity index (χ1) is 8.49. The van der Waals surface area contributed by atoms with Crippen LogP contribution in [0, 0.1) is 22.7 Å². The van der Waals surface area contributed by atoms with Gasteiger partial charge in [0.15, 0.2) is 23.1 Å². The molecule has 0 aromatic heterocycles. The van der Waals surface area contributed by atoms with E-state index in [4.69, 9.17) is 0 Å². The van der Waals surface area contributed by atoms with Crippen LogP contribution in [0.25, 0.3) is 0 Å². The minimum atomic E-state index is -1.28. The molecule has 1 fully saturated rings. The molecular formula is C15H22O4. The lowest BCUT2D eigenvalue weighted by atomic mass is 9.57. The second-order valence-corrected chi connectivity index (χ2v) is 6.45. The minimum absolute atomic E-state index is 0.349. The summed E-state index contributed by atoms with van der Waals surface area (Å²) in [7, 11) is 0. The molecule has 0 amide bonds. The monoisotopic (exact) mass is 266 g/mol. The number of hydrogen-bond acceptors (Lipinski definition) is 4. The van der Waals surface area contributed by atoms with E-state index in [-0.39, 0.29) is 11.7 Å². The van der Waals surface area contributed by atoms with Gasteiger partial charge < -0.3 is 0 Å². The molecule has 0 spiro atoms. The summed E-state index contributed by atoms with van der Waals surface area (Å²) < 4.78 is 0. The maximum absolute atomic E-state index is 12.4. The van der Waals surface area contributed by atoms with E-state index in [1.54, 1.807) is 6.92 Å². The number of Topliss-reactive ketones (excluding diaryl/α,β-unsaturated/α-hetero) is 4. The zero-order valence-electron chi connectivity index (χ0n) is 12.5. The number of hydrogen-bond donors (Lipinski definition) is 0. The van der Waals surface area contributed by atoms with Crippen molar-refractivity contribution in [3.63, 3.8) is 0 Å². The van der Waals surface area contributed by atoms with E-state index in [1.807, 2.05) is 6.92 Å². The molecule has 0 aliphatic heterocycles. The lowest BCUT2D eigenvalue weighted by Gasteiger charge is -2.40. The summed E-state index contributed by atoms with van der Waals surface area (Å²) in [4.78, 5) is 49.2. The molecule has 19 heavy (non-hydrogen) atoms. The summed E-state index contributed by atoms with van der Waals surface area (Å²) in [5.74, 6) is -3.48. The molecule has 1 saturated carbocycles. The molecular weight excluding hydrogens is 244 g/mol. The molecule has 4 nitrogen and oxygen atoms in total. The molecule has 0 radical (unpaired) electrons. The van der Waals surface area contributed by atoms with Gasteiger partial charge in [-0.3, -0.25) is 19.2 Å². The third-order valence-corrected chi connectivity index (χ3v) is 4.27. The molecule has 1 atom stereocenters. The second-order valence-electron chi connectivity index (χ2n) is 6.45. The highest BCUT2D eigenvalue weighted by Gasteiger charge is 2.59. The van der Waals surface area contributed by atoms with Crippen LogP contribution in [0.3, 0.4) is 0 Å². The minimum Gasteiger partial charge on any atom is -0.298 e. The SMILES string of the molecule is CCC(C)C(=O)C1C(=O)C(C)(C)C(=O)C(C)(C)C1=O. The summed E-state index contributed by atoms with van der Waals surface area (Å²) in [6, 6.07) is 0. The normalized spacial score (nSPS) is 24.4. The van der Waals surface area contributed by atoms with Crippen LogP contribution in [-0.2, 0) is 19.2 Å². The summed E-state index contributed by atoms with van der Waals surface area (Å²) in [5, 5.41) is 0. The van der Waals surface area contributed by atoms with Gasteiger partial charge in [0.05, 0.1) is 10.8 Å². The molecule has 0 aromatic carbocycles. The second kappa shape index (κ2) is 4.66. The van der Waals surface area contributed by atoms with Crippen LogP contribution in [0.1, 0.15) is 48.0 Å². The Morgan fingerprint density at radius 2 is 1.42 bits per heavy atom. The molecule has 0 aromatic rings. The van der Waals surface area contributed by atoms with E-state index in [9.17, 15) is 19.2 Å². The smallest absolute Gasteiger partial charge is 0.163 e. The summed E-state index contributed by atoms with van der Waals surface area (Å²) in [5.41, 5.74) is -2.55. The fraction of sp³-hybridized carbons (Fsp3) is 0.733. The molecule has 0 heterocycles. The van der Waals surface area contributed by atoms with Gasteiger partial charge in [0.1, 0.15) is 5.92 Å². The summed E-state index contributed by atoms with van der Waals surface area (Å²) in [6.45, 7) is 9.55. The van der Waals surface area contributed by atoms with Gasteiger partial charge in [-0.2, -0.15) is 0 Å². The van der Waals surface area contributed by atoms with E-state index < -0.39 is 34.1 Å². The Hall–Kier alpha value is -1.32. The first-order valence-corrected chi connectivity index (χ1v) is 6.66. The van der Waals surface area contributed by atoms with E-state index in [2.05, 4.69) is 0 Å². The van der Waals surface area contributed by atoms with Crippen molar-refractivity contribution in [3.05, 3.63) is 0 Å². The Kier molecular flexibility index (Phi) is 3.86. The van der Waals surface area contributed by atoms with Gasteiger partial charge in [-0.05, 0) is 34.1 Å². The van der Waals surface area contributed by atoms with Crippen LogP contribution in [0.5, 0.6) is 0 Å². The van der Waals surface area contributed by atoms with Gasteiger partial charge >= 0.3 is 0 Å². The number of rotatable bonds is 3. The maximum atomic E-state index is 12.4. The Morgan fingerprint density at radius 1 is 1.05 bits per heavy atom. The van der Waals surface area contributed by atoms with E-state index in [1.165, 1.54) is 27.7 Å². The lowest BCUT2D eigenvalue weighted by Crippen LogP contribution is -2.59. The average Bonchev–Trinajstić information content (AvgIpc) is 2.34. The van der Waals surface area contributed by atoms with Crippen molar-refractivity contribution in [1.29, 1.82) is 0 Å². The fourth-order valence-corrected chi connectivity index (χ4v) is 2.59. The molecule has 0 saturated heterocycles.